The van der Waals surface area contributed by atoms with Gasteiger partial charge in [0.05, 0.1) is 6.61 Å². The Hall–Kier alpha value is -0.593. The third-order valence-corrected chi connectivity index (χ3v) is 5.49. The van der Waals surface area contributed by atoms with Gasteiger partial charge in [-0.25, -0.2) is 4.79 Å². The van der Waals surface area contributed by atoms with E-state index in [2.05, 4.69) is 19.6 Å². The first-order valence-corrected chi connectivity index (χ1v) is 11.7. The number of rotatable bonds is 7. The van der Waals surface area contributed by atoms with E-state index in [1.54, 1.807) is 11.9 Å². The fraction of sp³-hybridized carbons (Fsp3) is 0.933. The minimum Gasteiger partial charge on any atom is -0.450 e. The van der Waals surface area contributed by atoms with Crippen molar-refractivity contribution in [3.8, 4) is 0 Å². The van der Waals surface area contributed by atoms with Crippen LogP contribution in [0.4, 0.5) is 4.79 Å². The van der Waals surface area contributed by atoms with E-state index in [0.717, 1.165) is 32.1 Å². The van der Waals surface area contributed by atoms with Crippen LogP contribution in [0.15, 0.2) is 0 Å². The average molecular weight is 317 g/mol. The van der Waals surface area contributed by atoms with Crippen LogP contribution >= 0.6 is 0 Å². The van der Waals surface area contributed by atoms with Gasteiger partial charge in [-0.1, -0.05) is 19.6 Å². The SMILES string of the molecule is CN(C[C@@H](N)C[C@@H]1CCCOC1)C(=O)OCC[Si](C)(C)C. The predicted molar refractivity (Wildman–Crippen MR) is 88.3 cm³/mol. The molecule has 5 nitrogen and oxygen atoms in total. The van der Waals surface area contributed by atoms with Gasteiger partial charge in [0, 0.05) is 40.9 Å². The van der Waals surface area contributed by atoms with Crippen molar-refractivity contribution in [2.75, 3.05) is 33.4 Å². The molecule has 1 heterocycles. The van der Waals surface area contributed by atoms with Crippen LogP contribution in [0.3, 0.4) is 0 Å². The van der Waals surface area contributed by atoms with E-state index in [1.165, 1.54) is 6.42 Å². The van der Waals surface area contributed by atoms with E-state index in [9.17, 15) is 4.79 Å². The van der Waals surface area contributed by atoms with Gasteiger partial charge in [-0.15, -0.1) is 0 Å². The van der Waals surface area contributed by atoms with Crippen molar-refractivity contribution >= 4 is 14.2 Å². The second-order valence-electron chi connectivity index (χ2n) is 7.38. The molecule has 0 aromatic rings. The third-order valence-electron chi connectivity index (χ3n) is 3.79. The lowest BCUT2D eigenvalue weighted by molar-refractivity contribution is 0.0474. The van der Waals surface area contributed by atoms with Crippen LogP contribution in [0.5, 0.6) is 0 Å². The Morgan fingerprint density at radius 1 is 1.48 bits per heavy atom. The summed E-state index contributed by atoms with van der Waals surface area (Å²) in [6, 6.07) is 0.990. The lowest BCUT2D eigenvalue weighted by atomic mass is 9.94. The molecule has 0 bridgehead atoms. The predicted octanol–water partition coefficient (Wildman–Crippen LogP) is 2.54. The molecule has 6 heteroatoms. The second kappa shape index (κ2) is 8.75. The standard InChI is InChI=1S/C15H32N2O3Si/c1-17(15(18)20-8-9-21(2,3)4)11-14(16)10-13-6-5-7-19-12-13/h13-14H,5-12,16H2,1-4H3/t13-,14-/m0/s1. The zero-order valence-electron chi connectivity index (χ0n) is 14.1. The lowest BCUT2D eigenvalue weighted by Gasteiger charge is -2.27. The summed E-state index contributed by atoms with van der Waals surface area (Å²) in [5.41, 5.74) is 6.14. The molecule has 0 spiro atoms. The van der Waals surface area contributed by atoms with E-state index >= 15 is 0 Å². The molecule has 1 fully saturated rings. The van der Waals surface area contributed by atoms with E-state index in [0.29, 0.717) is 19.1 Å². The molecule has 21 heavy (non-hydrogen) atoms. The van der Waals surface area contributed by atoms with Gasteiger partial charge in [-0.05, 0) is 31.2 Å². The number of carbonyl (C=O) groups excluding carboxylic acids is 1. The molecule has 1 saturated heterocycles. The second-order valence-corrected chi connectivity index (χ2v) is 13.0. The van der Waals surface area contributed by atoms with Gasteiger partial charge in [-0.2, -0.15) is 0 Å². The van der Waals surface area contributed by atoms with Crippen LogP contribution in [0.1, 0.15) is 19.3 Å². The number of amides is 1. The topological polar surface area (TPSA) is 64.8 Å². The molecule has 2 N–H and O–H groups in total. The average Bonchev–Trinajstić information content (AvgIpc) is 2.38. The largest absolute Gasteiger partial charge is 0.450 e. The summed E-state index contributed by atoms with van der Waals surface area (Å²) in [7, 11) is 0.603. The van der Waals surface area contributed by atoms with Gasteiger partial charge < -0.3 is 20.1 Å². The van der Waals surface area contributed by atoms with Crippen LogP contribution in [0.25, 0.3) is 0 Å². The smallest absolute Gasteiger partial charge is 0.409 e. The number of ether oxygens (including phenoxy) is 2. The molecular weight excluding hydrogens is 284 g/mol. The van der Waals surface area contributed by atoms with Crippen LogP contribution in [0.2, 0.25) is 25.7 Å². The van der Waals surface area contributed by atoms with Crippen LogP contribution in [0, 0.1) is 5.92 Å². The van der Waals surface area contributed by atoms with Crippen molar-refractivity contribution in [1.82, 2.24) is 4.90 Å². The van der Waals surface area contributed by atoms with E-state index < -0.39 is 8.07 Å². The van der Waals surface area contributed by atoms with Crippen LogP contribution in [-0.2, 0) is 9.47 Å². The number of carbonyl (C=O) groups is 1. The molecule has 0 unspecified atom stereocenters. The Morgan fingerprint density at radius 2 is 2.19 bits per heavy atom. The summed E-state index contributed by atoms with van der Waals surface area (Å²) < 4.78 is 10.8. The summed E-state index contributed by atoms with van der Waals surface area (Å²) in [6.45, 7) is 9.55. The molecule has 2 atom stereocenters. The first kappa shape index (κ1) is 18.5. The highest BCUT2D eigenvalue weighted by Crippen LogP contribution is 2.18. The molecule has 1 rings (SSSR count). The van der Waals surface area contributed by atoms with E-state index in [1.807, 2.05) is 0 Å². The quantitative estimate of drug-likeness (QED) is 0.733. The summed E-state index contributed by atoms with van der Waals surface area (Å²) in [5, 5.41) is 0. The molecule has 0 radical (unpaired) electrons. The minimum absolute atomic E-state index is 0.00811. The molecule has 1 aliphatic rings. The highest BCUT2D eigenvalue weighted by Gasteiger charge is 2.21. The fourth-order valence-corrected chi connectivity index (χ4v) is 3.19. The fourth-order valence-electron chi connectivity index (χ4n) is 2.48. The Labute approximate surface area is 130 Å². The molecule has 0 aromatic heterocycles. The van der Waals surface area contributed by atoms with Crippen molar-refractivity contribution in [2.45, 2.75) is 51.0 Å². The molecule has 0 saturated carbocycles. The summed E-state index contributed by atoms with van der Waals surface area (Å²) in [6.07, 6.45) is 2.94. The lowest BCUT2D eigenvalue weighted by Crippen LogP contribution is -2.41. The maximum atomic E-state index is 11.9. The van der Waals surface area contributed by atoms with Gasteiger partial charge in [0.15, 0.2) is 0 Å². The number of hydrogen-bond acceptors (Lipinski definition) is 4. The third kappa shape index (κ3) is 8.43. The van der Waals surface area contributed by atoms with Crippen molar-refractivity contribution in [3.63, 3.8) is 0 Å². The van der Waals surface area contributed by atoms with Gasteiger partial charge >= 0.3 is 6.09 Å². The normalized spacial score (nSPS) is 20.9. The Morgan fingerprint density at radius 3 is 2.76 bits per heavy atom. The minimum atomic E-state index is -1.15. The molecule has 0 aromatic carbocycles. The molecule has 124 valence electrons. The maximum absolute atomic E-state index is 11.9. The van der Waals surface area contributed by atoms with Gasteiger partial charge in [0.2, 0.25) is 0 Å². The van der Waals surface area contributed by atoms with Crippen molar-refractivity contribution in [3.05, 3.63) is 0 Å². The number of nitrogens with zero attached hydrogens (tertiary/aromatic N) is 1. The first-order valence-electron chi connectivity index (χ1n) is 7.99. The molecule has 1 aliphatic heterocycles. The van der Waals surface area contributed by atoms with Crippen LogP contribution < -0.4 is 5.73 Å². The maximum Gasteiger partial charge on any atom is 0.409 e. The highest BCUT2D eigenvalue weighted by molar-refractivity contribution is 6.76. The number of nitrogens with two attached hydrogens (primary N) is 1. The number of likely N-dealkylation sites (N-methyl/N-ethyl adjacent to an activating group) is 1. The van der Waals surface area contributed by atoms with Crippen LogP contribution in [-0.4, -0.2) is 58.5 Å². The molecule has 0 aliphatic carbocycles. The van der Waals surface area contributed by atoms with Gasteiger partial charge in [0.1, 0.15) is 0 Å². The Kier molecular flexibility index (Phi) is 7.69. The Balaban J connectivity index is 2.21. The summed E-state index contributed by atoms with van der Waals surface area (Å²) in [4.78, 5) is 13.5. The summed E-state index contributed by atoms with van der Waals surface area (Å²) in [5.74, 6) is 0.532. The zero-order valence-corrected chi connectivity index (χ0v) is 15.1. The molecule has 1 amide bonds. The zero-order chi connectivity index (χ0) is 15.9. The number of hydrogen-bond donors (Lipinski definition) is 1. The Bertz CT molecular complexity index is 315. The highest BCUT2D eigenvalue weighted by atomic mass is 28.3. The van der Waals surface area contributed by atoms with Gasteiger partial charge in [-0.3, -0.25) is 0 Å². The molecular formula is C15H32N2O3Si. The summed E-state index contributed by atoms with van der Waals surface area (Å²) >= 11 is 0. The van der Waals surface area contributed by atoms with Crippen molar-refractivity contribution < 1.29 is 14.3 Å². The first-order chi connectivity index (χ1) is 9.78. The van der Waals surface area contributed by atoms with E-state index in [-0.39, 0.29) is 12.1 Å². The van der Waals surface area contributed by atoms with Crippen molar-refractivity contribution in [1.29, 1.82) is 0 Å². The van der Waals surface area contributed by atoms with Crippen molar-refractivity contribution in [2.24, 2.45) is 11.7 Å². The van der Waals surface area contributed by atoms with Gasteiger partial charge in [0.25, 0.3) is 0 Å². The monoisotopic (exact) mass is 316 g/mol. The van der Waals surface area contributed by atoms with E-state index in [4.69, 9.17) is 15.2 Å².